The van der Waals surface area contributed by atoms with Crippen LogP contribution in [0.15, 0.2) is 30.3 Å². The molecular weight excluding hydrogens is 248 g/mol. The van der Waals surface area contributed by atoms with Crippen LogP contribution in [-0.4, -0.2) is 23.8 Å². The van der Waals surface area contributed by atoms with E-state index in [4.69, 9.17) is 14.2 Å². The fraction of sp³-hybridized carbons (Fsp3) is 0.429. The molecule has 2 rings (SSSR count). The molecule has 1 heterocycles. The first-order valence-corrected chi connectivity index (χ1v) is 6.00. The second-order valence-electron chi connectivity index (χ2n) is 4.89. The molecule has 19 heavy (non-hydrogen) atoms. The minimum atomic E-state index is -1.06. The van der Waals surface area contributed by atoms with Crippen molar-refractivity contribution in [1.29, 1.82) is 0 Å². The third-order valence-electron chi connectivity index (χ3n) is 2.74. The minimum Gasteiger partial charge on any atom is -0.446 e. The maximum Gasteiger partial charge on any atom is 0.354 e. The summed E-state index contributed by atoms with van der Waals surface area (Å²) in [6, 6.07) is 8.74. The Morgan fingerprint density at radius 1 is 1.26 bits per heavy atom. The van der Waals surface area contributed by atoms with Gasteiger partial charge >= 0.3 is 11.9 Å². The van der Waals surface area contributed by atoms with Gasteiger partial charge in [0.25, 0.3) is 0 Å². The summed E-state index contributed by atoms with van der Waals surface area (Å²) in [6.45, 7) is 4.88. The number of hydrogen-bond donors (Lipinski definition) is 0. The van der Waals surface area contributed by atoms with E-state index in [0.29, 0.717) is 5.56 Å². The SMILES string of the molecule is CC(=O)O[C@@H](C(=O)O[C@H]1OC1(C)C)c1ccccc1. The summed E-state index contributed by atoms with van der Waals surface area (Å²) in [6.07, 6.45) is -1.64. The number of hydrogen-bond acceptors (Lipinski definition) is 5. The lowest BCUT2D eigenvalue weighted by molar-refractivity contribution is -0.170. The van der Waals surface area contributed by atoms with Gasteiger partial charge in [-0.1, -0.05) is 30.3 Å². The Labute approximate surface area is 111 Å². The number of benzene rings is 1. The van der Waals surface area contributed by atoms with E-state index < -0.39 is 29.9 Å². The maximum atomic E-state index is 12.0. The monoisotopic (exact) mass is 264 g/mol. The van der Waals surface area contributed by atoms with Gasteiger partial charge in [0.1, 0.15) is 5.60 Å². The average molecular weight is 264 g/mol. The Morgan fingerprint density at radius 2 is 1.84 bits per heavy atom. The van der Waals surface area contributed by atoms with E-state index in [1.54, 1.807) is 24.3 Å². The summed E-state index contributed by atoms with van der Waals surface area (Å²) in [5.74, 6) is -1.17. The van der Waals surface area contributed by atoms with E-state index in [2.05, 4.69) is 0 Å². The van der Waals surface area contributed by atoms with Gasteiger partial charge in [0, 0.05) is 12.5 Å². The Hall–Kier alpha value is -1.88. The molecule has 0 aromatic heterocycles. The lowest BCUT2D eigenvalue weighted by Crippen LogP contribution is -2.23. The first kappa shape index (κ1) is 13.5. The molecule has 1 aromatic carbocycles. The Balaban J connectivity index is 2.09. The van der Waals surface area contributed by atoms with Crippen molar-refractivity contribution in [1.82, 2.24) is 0 Å². The zero-order chi connectivity index (χ0) is 14.0. The highest BCUT2D eigenvalue weighted by Gasteiger charge is 2.52. The molecule has 5 nitrogen and oxygen atoms in total. The Bertz CT molecular complexity index is 480. The van der Waals surface area contributed by atoms with Gasteiger partial charge in [0.2, 0.25) is 12.4 Å². The molecule has 5 heteroatoms. The first-order valence-electron chi connectivity index (χ1n) is 6.00. The van der Waals surface area contributed by atoms with Crippen molar-refractivity contribution >= 4 is 11.9 Å². The molecule has 0 aliphatic carbocycles. The number of carbonyl (C=O) groups excluding carboxylic acids is 2. The molecule has 0 bridgehead atoms. The number of epoxide rings is 1. The quantitative estimate of drug-likeness (QED) is 0.614. The molecule has 1 fully saturated rings. The van der Waals surface area contributed by atoms with E-state index in [-0.39, 0.29) is 0 Å². The van der Waals surface area contributed by atoms with Gasteiger partial charge in [-0.25, -0.2) is 4.79 Å². The highest BCUT2D eigenvalue weighted by molar-refractivity contribution is 5.80. The smallest absolute Gasteiger partial charge is 0.354 e. The van der Waals surface area contributed by atoms with Gasteiger partial charge in [0.15, 0.2) is 0 Å². The van der Waals surface area contributed by atoms with Crippen molar-refractivity contribution in [2.45, 2.75) is 38.8 Å². The molecule has 1 aliphatic heterocycles. The number of esters is 2. The van der Waals surface area contributed by atoms with Gasteiger partial charge in [-0.15, -0.1) is 0 Å². The lowest BCUT2D eigenvalue weighted by atomic mass is 10.1. The van der Waals surface area contributed by atoms with Crippen molar-refractivity contribution in [3.63, 3.8) is 0 Å². The van der Waals surface area contributed by atoms with Gasteiger partial charge < -0.3 is 14.2 Å². The van der Waals surface area contributed by atoms with Gasteiger partial charge in [-0.3, -0.25) is 4.79 Å². The zero-order valence-electron chi connectivity index (χ0n) is 11.1. The fourth-order valence-electron chi connectivity index (χ4n) is 1.62. The van der Waals surface area contributed by atoms with E-state index in [0.717, 1.165) is 0 Å². The first-order chi connectivity index (χ1) is 8.90. The third kappa shape index (κ3) is 3.32. The Kier molecular flexibility index (Phi) is 3.57. The molecule has 0 spiro atoms. The number of carbonyl (C=O) groups is 2. The zero-order valence-corrected chi connectivity index (χ0v) is 11.1. The van der Waals surface area contributed by atoms with Crippen LogP contribution in [-0.2, 0) is 23.8 Å². The summed E-state index contributed by atoms with van der Waals surface area (Å²) in [5, 5.41) is 0. The van der Waals surface area contributed by atoms with Crippen LogP contribution in [0.3, 0.4) is 0 Å². The molecular formula is C14H16O5. The molecule has 0 saturated carbocycles. The van der Waals surface area contributed by atoms with Crippen molar-refractivity contribution in [3.05, 3.63) is 35.9 Å². The fourth-order valence-corrected chi connectivity index (χ4v) is 1.62. The van der Waals surface area contributed by atoms with Crippen LogP contribution in [0, 0.1) is 0 Å². The van der Waals surface area contributed by atoms with Gasteiger partial charge in [-0.05, 0) is 13.8 Å². The Morgan fingerprint density at radius 3 is 2.32 bits per heavy atom. The molecule has 1 saturated heterocycles. The summed E-state index contributed by atoms with van der Waals surface area (Å²) in [5.41, 5.74) is 0.105. The molecule has 0 unspecified atom stereocenters. The second kappa shape index (κ2) is 5.01. The van der Waals surface area contributed by atoms with Crippen molar-refractivity contribution < 1.29 is 23.8 Å². The third-order valence-corrected chi connectivity index (χ3v) is 2.74. The van der Waals surface area contributed by atoms with Crippen LogP contribution in [0.1, 0.15) is 32.4 Å². The molecule has 0 radical (unpaired) electrons. The summed E-state index contributed by atoms with van der Waals surface area (Å²) < 4.78 is 15.4. The molecule has 2 atom stereocenters. The molecule has 1 aliphatic rings. The van der Waals surface area contributed by atoms with Crippen molar-refractivity contribution in [2.75, 3.05) is 0 Å². The number of ether oxygens (including phenoxy) is 3. The average Bonchev–Trinajstić information content (AvgIpc) is 2.94. The second-order valence-corrected chi connectivity index (χ2v) is 4.89. The highest BCUT2D eigenvalue weighted by atomic mass is 16.8. The topological polar surface area (TPSA) is 65.1 Å². The summed E-state index contributed by atoms with van der Waals surface area (Å²) >= 11 is 0. The van der Waals surface area contributed by atoms with E-state index in [9.17, 15) is 9.59 Å². The lowest BCUT2D eigenvalue weighted by Gasteiger charge is -2.15. The van der Waals surface area contributed by atoms with E-state index in [1.165, 1.54) is 6.92 Å². The van der Waals surface area contributed by atoms with E-state index >= 15 is 0 Å². The van der Waals surface area contributed by atoms with Crippen LogP contribution in [0.5, 0.6) is 0 Å². The normalized spacial score (nSPS) is 21.3. The van der Waals surface area contributed by atoms with E-state index in [1.807, 2.05) is 19.9 Å². The van der Waals surface area contributed by atoms with Crippen LogP contribution < -0.4 is 0 Å². The van der Waals surface area contributed by atoms with Crippen molar-refractivity contribution in [3.8, 4) is 0 Å². The maximum absolute atomic E-state index is 12.0. The molecule has 1 aromatic rings. The highest BCUT2D eigenvalue weighted by Crippen LogP contribution is 2.37. The van der Waals surface area contributed by atoms with Crippen LogP contribution >= 0.6 is 0 Å². The van der Waals surface area contributed by atoms with Crippen LogP contribution in [0.2, 0.25) is 0 Å². The molecule has 102 valence electrons. The van der Waals surface area contributed by atoms with Crippen molar-refractivity contribution in [2.24, 2.45) is 0 Å². The molecule has 0 amide bonds. The summed E-state index contributed by atoms with van der Waals surface area (Å²) in [4.78, 5) is 23.1. The molecule has 0 N–H and O–H groups in total. The van der Waals surface area contributed by atoms with Crippen LogP contribution in [0.4, 0.5) is 0 Å². The predicted molar refractivity (Wildman–Crippen MR) is 66.0 cm³/mol. The van der Waals surface area contributed by atoms with Gasteiger partial charge in [0.05, 0.1) is 0 Å². The standard InChI is InChI=1S/C14H16O5/c1-9(15)17-11(10-7-5-4-6-8-10)12(16)18-13-14(2,3)19-13/h4-8,11,13H,1-3H3/t11-,13+/m1/s1. The van der Waals surface area contributed by atoms with Crippen LogP contribution in [0.25, 0.3) is 0 Å². The predicted octanol–water partition coefficient (Wildman–Crippen LogP) is 1.97. The summed E-state index contributed by atoms with van der Waals surface area (Å²) in [7, 11) is 0. The minimum absolute atomic E-state index is 0.465. The number of rotatable bonds is 4. The van der Waals surface area contributed by atoms with Gasteiger partial charge in [-0.2, -0.15) is 0 Å². The largest absolute Gasteiger partial charge is 0.446 e.